The lowest BCUT2D eigenvalue weighted by molar-refractivity contribution is 0.466. The van der Waals surface area contributed by atoms with Gasteiger partial charge in [-0.05, 0) is 44.0 Å². The van der Waals surface area contributed by atoms with Gasteiger partial charge in [0, 0.05) is 16.8 Å². The van der Waals surface area contributed by atoms with E-state index in [0.717, 1.165) is 29.0 Å². The minimum Gasteiger partial charge on any atom is -0.457 e. The van der Waals surface area contributed by atoms with Gasteiger partial charge in [-0.15, -0.1) is 0 Å². The maximum atomic E-state index is 6.11. The SMILES string of the molecule is C=C(O/C(=C(\C)CC)c1cccc(N)c1)c1cccc(C)c1.CC. The molecule has 0 saturated heterocycles. The van der Waals surface area contributed by atoms with Gasteiger partial charge in [0.2, 0.25) is 0 Å². The second-order valence-corrected chi connectivity index (χ2v) is 5.48. The first kappa shape index (κ1) is 19.6. The van der Waals surface area contributed by atoms with E-state index in [9.17, 15) is 0 Å². The molecule has 2 nitrogen and oxygen atoms in total. The van der Waals surface area contributed by atoms with E-state index in [4.69, 9.17) is 10.5 Å². The lowest BCUT2D eigenvalue weighted by Crippen LogP contribution is -1.97. The average molecular weight is 323 g/mol. The third-order valence-corrected chi connectivity index (χ3v) is 3.63. The summed E-state index contributed by atoms with van der Waals surface area (Å²) in [7, 11) is 0. The molecule has 2 aromatic carbocycles. The van der Waals surface area contributed by atoms with E-state index in [2.05, 4.69) is 39.5 Å². The van der Waals surface area contributed by atoms with Gasteiger partial charge in [0.1, 0.15) is 11.5 Å². The van der Waals surface area contributed by atoms with Crippen LogP contribution < -0.4 is 5.73 Å². The summed E-state index contributed by atoms with van der Waals surface area (Å²) in [5.41, 5.74) is 10.9. The molecule has 0 bridgehead atoms. The molecule has 0 fully saturated rings. The third-order valence-electron chi connectivity index (χ3n) is 3.63. The number of rotatable bonds is 5. The fraction of sp³-hybridized carbons (Fsp3) is 0.273. The Balaban J connectivity index is 0.00000139. The van der Waals surface area contributed by atoms with Gasteiger partial charge < -0.3 is 10.5 Å². The molecule has 0 aromatic heterocycles. The molecular formula is C22H29NO. The Hall–Kier alpha value is -2.48. The molecule has 2 heteroatoms. The largest absolute Gasteiger partial charge is 0.457 e. The van der Waals surface area contributed by atoms with Crippen LogP contribution in [0.15, 0.2) is 60.7 Å². The van der Waals surface area contributed by atoms with E-state index in [1.165, 1.54) is 11.1 Å². The van der Waals surface area contributed by atoms with E-state index in [1.54, 1.807) is 0 Å². The molecular weight excluding hydrogens is 294 g/mol. The van der Waals surface area contributed by atoms with Crippen LogP contribution in [0.25, 0.3) is 11.5 Å². The highest BCUT2D eigenvalue weighted by Gasteiger charge is 2.11. The quantitative estimate of drug-likeness (QED) is 0.508. The van der Waals surface area contributed by atoms with Gasteiger partial charge >= 0.3 is 0 Å². The Bertz CT molecular complexity index is 713. The number of benzene rings is 2. The summed E-state index contributed by atoms with van der Waals surface area (Å²) >= 11 is 0. The summed E-state index contributed by atoms with van der Waals surface area (Å²) in [6.45, 7) is 14.3. The van der Waals surface area contributed by atoms with Gasteiger partial charge in [-0.25, -0.2) is 0 Å². The van der Waals surface area contributed by atoms with E-state index in [0.29, 0.717) is 5.76 Å². The van der Waals surface area contributed by atoms with Crippen LogP contribution in [0.4, 0.5) is 5.69 Å². The predicted octanol–water partition coefficient (Wildman–Crippen LogP) is 6.43. The standard InChI is InChI=1S/C20H23NO.C2H6/c1-5-15(3)20(18-10-7-11-19(21)13-18)22-16(4)17-9-6-8-14(2)12-17;1-2/h6-13H,4-5,21H2,1-3H3;1-2H3/b20-15+;. The van der Waals surface area contributed by atoms with Crippen molar-refractivity contribution in [2.45, 2.75) is 41.0 Å². The Morgan fingerprint density at radius 2 is 1.67 bits per heavy atom. The molecule has 0 saturated carbocycles. The van der Waals surface area contributed by atoms with Gasteiger partial charge in [-0.2, -0.15) is 0 Å². The van der Waals surface area contributed by atoms with Crippen LogP contribution in [0.3, 0.4) is 0 Å². The number of anilines is 1. The summed E-state index contributed by atoms with van der Waals surface area (Å²) in [4.78, 5) is 0. The van der Waals surface area contributed by atoms with Crippen LogP contribution in [0.5, 0.6) is 0 Å². The summed E-state index contributed by atoms with van der Waals surface area (Å²) in [6.07, 6.45) is 0.908. The Labute approximate surface area is 146 Å². The van der Waals surface area contributed by atoms with E-state index in [-0.39, 0.29) is 0 Å². The van der Waals surface area contributed by atoms with Crippen molar-refractivity contribution in [2.75, 3.05) is 5.73 Å². The zero-order chi connectivity index (χ0) is 18.1. The summed E-state index contributed by atoms with van der Waals surface area (Å²) in [5, 5.41) is 0. The minimum absolute atomic E-state index is 0.647. The maximum absolute atomic E-state index is 6.11. The third kappa shape index (κ3) is 5.31. The number of allylic oxidation sites excluding steroid dienone is 1. The first-order valence-corrected chi connectivity index (χ1v) is 8.50. The second-order valence-electron chi connectivity index (χ2n) is 5.48. The van der Waals surface area contributed by atoms with Crippen LogP contribution >= 0.6 is 0 Å². The van der Waals surface area contributed by atoms with Gasteiger partial charge in [-0.1, -0.05) is 63.2 Å². The Kier molecular flexibility index (Phi) is 7.84. The molecule has 0 aliphatic heterocycles. The fourth-order valence-electron chi connectivity index (χ4n) is 2.23. The molecule has 0 spiro atoms. The molecule has 128 valence electrons. The average Bonchev–Trinajstić information content (AvgIpc) is 2.60. The summed E-state index contributed by atoms with van der Waals surface area (Å²) < 4.78 is 6.11. The lowest BCUT2D eigenvalue weighted by Gasteiger charge is -2.16. The zero-order valence-corrected chi connectivity index (χ0v) is 15.5. The van der Waals surface area contributed by atoms with Crippen LogP contribution in [0, 0.1) is 6.92 Å². The molecule has 0 heterocycles. The summed E-state index contributed by atoms with van der Waals surface area (Å²) in [5.74, 6) is 1.48. The van der Waals surface area contributed by atoms with Gasteiger partial charge in [0.15, 0.2) is 0 Å². The predicted molar refractivity (Wildman–Crippen MR) is 106 cm³/mol. The fourth-order valence-corrected chi connectivity index (χ4v) is 2.23. The van der Waals surface area contributed by atoms with Crippen LogP contribution in [-0.2, 0) is 4.74 Å². The van der Waals surface area contributed by atoms with E-state index < -0.39 is 0 Å². The van der Waals surface area contributed by atoms with Gasteiger partial charge in [0.05, 0.1) is 0 Å². The van der Waals surface area contributed by atoms with Gasteiger partial charge in [0.25, 0.3) is 0 Å². The van der Waals surface area contributed by atoms with Crippen molar-refractivity contribution in [1.29, 1.82) is 0 Å². The van der Waals surface area contributed by atoms with Gasteiger partial charge in [-0.3, -0.25) is 0 Å². The topological polar surface area (TPSA) is 35.2 Å². The zero-order valence-electron chi connectivity index (χ0n) is 15.5. The smallest absolute Gasteiger partial charge is 0.133 e. The number of hydrogen-bond acceptors (Lipinski definition) is 2. The number of nitrogens with two attached hydrogens (primary N) is 1. The Morgan fingerprint density at radius 3 is 2.25 bits per heavy atom. The molecule has 0 atom stereocenters. The normalized spacial score (nSPS) is 11.0. The molecule has 0 unspecified atom stereocenters. The summed E-state index contributed by atoms with van der Waals surface area (Å²) in [6, 6.07) is 15.9. The van der Waals surface area contributed by atoms with Crippen molar-refractivity contribution < 1.29 is 4.74 Å². The van der Waals surface area contributed by atoms with Crippen LogP contribution in [0.2, 0.25) is 0 Å². The highest BCUT2D eigenvalue weighted by Crippen LogP contribution is 2.29. The molecule has 24 heavy (non-hydrogen) atoms. The molecule has 0 aliphatic rings. The first-order chi connectivity index (χ1) is 11.5. The lowest BCUT2D eigenvalue weighted by atomic mass is 10.1. The number of nitrogen functional groups attached to an aromatic ring is 1. The number of hydrogen-bond donors (Lipinski definition) is 1. The van der Waals surface area contributed by atoms with Crippen molar-refractivity contribution >= 4 is 17.2 Å². The Morgan fingerprint density at radius 1 is 1.04 bits per heavy atom. The van der Waals surface area contributed by atoms with Crippen molar-refractivity contribution in [1.82, 2.24) is 0 Å². The van der Waals surface area contributed by atoms with Crippen molar-refractivity contribution in [2.24, 2.45) is 0 Å². The maximum Gasteiger partial charge on any atom is 0.133 e. The van der Waals surface area contributed by atoms with Crippen LogP contribution in [0.1, 0.15) is 50.8 Å². The molecule has 2 aromatic rings. The molecule has 2 rings (SSSR count). The van der Waals surface area contributed by atoms with Crippen molar-refractivity contribution in [3.05, 3.63) is 77.4 Å². The second kappa shape index (κ2) is 9.61. The molecule has 0 aliphatic carbocycles. The van der Waals surface area contributed by atoms with E-state index in [1.807, 2.05) is 50.2 Å². The molecule has 0 amide bonds. The number of ether oxygens (including phenoxy) is 1. The molecule has 0 radical (unpaired) electrons. The highest BCUT2D eigenvalue weighted by atomic mass is 16.5. The molecule has 2 N–H and O–H groups in total. The van der Waals surface area contributed by atoms with Crippen molar-refractivity contribution in [3.8, 4) is 0 Å². The van der Waals surface area contributed by atoms with Crippen LogP contribution in [-0.4, -0.2) is 0 Å². The van der Waals surface area contributed by atoms with Crippen molar-refractivity contribution in [3.63, 3.8) is 0 Å². The highest BCUT2D eigenvalue weighted by molar-refractivity contribution is 5.72. The monoisotopic (exact) mass is 323 g/mol. The van der Waals surface area contributed by atoms with E-state index >= 15 is 0 Å². The number of aryl methyl sites for hydroxylation is 1. The first-order valence-electron chi connectivity index (χ1n) is 8.50. The minimum atomic E-state index is 0.647.